The minimum Gasteiger partial charge on any atom is -0.376 e. The van der Waals surface area contributed by atoms with Crippen LogP contribution in [0.1, 0.15) is 33.1 Å². The monoisotopic (exact) mass is 198 g/mol. The molecule has 82 valence electrons. The molecule has 2 fully saturated rings. The number of hydrogen-bond acceptors (Lipinski definition) is 3. The van der Waals surface area contributed by atoms with Gasteiger partial charge in [-0.25, -0.2) is 0 Å². The Morgan fingerprint density at radius 1 is 1.43 bits per heavy atom. The van der Waals surface area contributed by atoms with Gasteiger partial charge >= 0.3 is 0 Å². The van der Waals surface area contributed by atoms with Gasteiger partial charge < -0.3 is 10.5 Å². The van der Waals surface area contributed by atoms with Gasteiger partial charge in [-0.1, -0.05) is 0 Å². The van der Waals surface area contributed by atoms with E-state index in [0.717, 1.165) is 26.1 Å². The number of morpholine rings is 1. The molecule has 0 aromatic carbocycles. The van der Waals surface area contributed by atoms with Crippen molar-refractivity contribution in [2.24, 2.45) is 5.73 Å². The maximum atomic E-state index is 6.09. The van der Waals surface area contributed by atoms with Gasteiger partial charge in [-0.15, -0.1) is 0 Å². The van der Waals surface area contributed by atoms with E-state index in [1.807, 2.05) is 0 Å². The third-order valence-corrected chi connectivity index (χ3v) is 3.53. The van der Waals surface area contributed by atoms with Crippen molar-refractivity contribution in [2.45, 2.75) is 50.8 Å². The Morgan fingerprint density at radius 2 is 2.14 bits per heavy atom. The number of nitrogens with two attached hydrogens (primary N) is 1. The van der Waals surface area contributed by atoms with E-state index in [1.54, 1.807) is 0 Å². The molecule has 1 aliphatic heterocycles. The Balaban J connectivity index is 1.77. The largest absolute Gasteiger partial charge is 0.376 e. The molecule has 0 bridgehead atoms. The zero-order chi connectivity index (χ0) is 10.2. The van der Waals surface area contributed by atoms with Gasteiger partial charge in [-0.05, 0) is 33.1 Å². The van der Waals surface area contributed by atoms with Crippen LogP contribution in [0.5, 0.6) is 0 Å². The van der Waals surface area contributed by atoms with E-state index < -0.39 is 0 Å². The lowest BCUT2D eigenvalue weighted by Gasteiger charge is -2.37. The topological polar surface area (TPSA) is 38.5 Å². The predicted octanol–water partition coefficient (Wildman–Crippen LogP) is 0.977. The molecule has 3 nitrogen and oxygen atoms in total. The van der Waals surface area contributed by atoms with Crippen molar-refractivity contribution in [3.63, 3.8) is 0 Å². The molecule has 1 heterocycles. The second kappa shape index (κ2) is 3.80. The Morgan fingerprint density at radius 3 is 2.79 bits per heavy atom. The average molecular weight is 198 g/mol. The molecule has 2 aliphatic rings. The van der Waals surface area contributed by atoms with Crippen LogP contribution in [-0.4, -0.2) is 42.3 Å². The standard InChI is InChI=1S/C11H22N2O/c1-9-8-14-10(2)7-13(9)6-5-11(12)3-4-11/h9-10H,3-8,12H2,1-2H3. The van der Waals surface area contributed by atoms with E-state index in [1.165, 1.54) is 12.8 Å². The van der Waals surface area contributed by atoms with Crippen LogP contribution in [0.15, 0.2) is 0 Å². The highest BCUT2D eigenvalue weighted by atomic mass is 16.5. The summed E-state index contributed by atoms with van der Waals surface area (Å²) >= 11 is 0. The van der Waals surface area contributed by atoms with Crippen molar-refractivity contribution >= 4 is 0 Å². The second-order valence-corrected chi connectivity index (χ2v) is 5.10. The van der Waals surface area contributed by atoms with Gasteiger partial charge in [0.05, 0.1) is 12.7 Å². The van der Waals surface area contributed by atoms with Gasteiger partial charge in [0.25, 0.3) is 0 Å². The van der Waals surface area contributed by atoms with E-state index in [2.05, 4.69) is 18.7 Å². The zero-order valence-corrected chi connectivity index (χ0v) is 9.33. The van der Waals surface area contributed by atoms with E-state index in [0.29, 0.717) is 12.1 Å². The van der Waals surface area contributed by atoms with E-state index in [4.69, 9.17) is 10.5 Å². The predicted molar refractivity (Wildman–Crippen MR) is 57.2 cm³/mol. The minimum absolute atomic E-state index is 0.196. The molecule has 1 saturated heterocycles. The van der Waals surface area contributed by atoms with Crippen LogP contribution in [0.25, 0.3) is 0 Å². The van der Waals surface area contributed by atoms with Crippen LogP contribution in [-0.2, 0) is 4.74 Å². The van der Waals surface area contributed by atoms with Gasteiger partial charge in [0.15, 0.2) is 0 Å². The fraction of sp³-hybridized carbons (Fsp3) is 1.00. The molecule has 0 aromatic heterocycles. The molecule has 14 heavy (non-hydrogen) atoms. The molecule has 1 saturated carbocycles. The molecule has 1 aliphatic carbocycles. The molecular formula is C11H22N2O. The van der Waals surface area contributed by atoms with Crippen molar-refractivity contribution in [3.8, 4) is 0 Å². The number of hydrogen-bond donors (Lipinski definition) is 1. The van der Waals surface area contributed by atoms with Crippen LogP contribution in [0, 0.1) is 0 Å². The van der Waals surface area contributed by atoms with E-state index in [-0.39, 0.29) is 5.54 Å². The molecule has 0 spiro atoms. The lowest BCUT2D eigenvalue weighted by molar-refractivity contribution is -0.0501. The minimum atomic E-state index is 0.196. The molecular weight excluding hydrogens is 176 g/mol. The van der Waals surface area contributed by atoms with E-state index in [9.17, 15) is 0 Å². The fourth-order valence-electron chi connectivity index (χ4n) is 2.06. The first-order valence-corrected chi connectivity index (χ1v) is 5.74. The van der Waals surface area contributed by atoms with Gasteiger partial charge in [0, 0.05) is 24.7 Å². The van der Waals surface area contributed by atoms with Crippen LogP contribution >= 0.6 is 0 Å². The summed E-state index contributed by atoms with van der Waals surface area (Å²) in [7, 11) is 0. The first-order chi connectivity index (χ1) is 6.59. The lowest BCUT2D eigenvalue weighted by atomic mass is 10.1. The van der Waals surface area contributed by atoms with Gasteiger partial charge in [0.1, 0.15) is 0 Å². The highest BCUT2D eigenvalue weighted by molar-refractivity contribution is 4.99. The summed E-state index contributed by atoms with van der Waals surface area (Å²) in [4.78, 5) is 2.51. The maximum Gasteiger partial charge on any atom is 0.0674 e. The first kappa shape index (κ1) is 10.4. The van der Waals surface area contributed by atoms with Crippen LogP contribution < -0.4 is 5.73 Å². The Bertz CT molecular complexity index is 203. The third-order valence-electron chi connectivity index (χ3n) is 3.53. The average Bonchev–Trinajstić information content (AvgIpc) is 2.87. The normalized spacial score (nSPS) is 37.1. The summed E-state index contributed by atoms with van der Waals surface area (Å²) in [5.74, 6) is 0. The molecule has 2 atom stereocenters. The molecule has 3 heteroatoms. The third kappa shape index (κ3) is 2.47. The van der Waals surface area contributed by atoms with Crippen molar-refractivity contribution in [3.05, 3.63) is 0 Å². The second-order valence-electron chi connectivity index (χ2n) is 5.10. The first-order valence-electron chi connectivity index (χ1n) is 5.74. The van der Waals surface area contributed by atoms with Gasteiger partial charge in [-0.3, -0.25) is 4.90 Å². The summed E-state index contributed by atoms with van der Waals surface area (Å²) in [6.45, 7) is 7.47. The number of rotatable bonds is 3. The molecule has 2 unspecified atom stereocenters. The molecule has 2 rings (SSSR count). The van der Waals surface area contributed by atoms with Crippen LogP contribution in [0.2, 0.25) is 0 Å². The lowest BCUT2D eigenvalue weighted by Crippen LogP contribution is -2.48. The molecule has 2 N–H and O–H groups in total. The molecule has 0 aromatic rings. The quantitative estimate of drug-likeness (QED) is 0.734. The smallest absolute Gasteiger partial charge is 0.0674 e. The molecule has 0 amide bonds. The maximum absolute atomic E-state index is 6.09. The highest BCUT2D eigenvalue weighted by Gasteiger charge is 2.38. The SMILES string of the molecule is CC1CN(CCC2(N)CC2)C(C)CO1. The van der Waals surface area contributed by atoms with Gasteiger partial charge in [-0.2, -0.15) is 0 Å². The number of nitrogens with zero attached hydrogens (tertiary/aromatic N) is 1. The zero-order valence-electron chi connectivity index (χ0n) is 9.33. The summed E-state index contributed by atoms with van der Waals surface area (Å²) < 4.78 is 5.59. The van der Waals surface area contributed by atoms with Crippen LogP contribution in [0.4, 0.5) is 0 Å². The highest BCUT2D eigenvalue weighted by Crippen LogP contribution is 2.35. The van der Waals surface area contributed by atoms with Gasteiger partial charge in [0.2, 0.25) is 0 Å². The Labute approximate surface area is 86.6 Å². The summed E-state index contributed by atoms with van der Waals surface area (Å²) in [5.41, 5.74) is 6.28. The fourth-order valence-corrected chi connectivity index (χ4v) is 2.06. The summed E-state index contributed by atoms with van der Waals surface area (Å²) in [6, 6.07) is 0.563. The molecule has 0 radical (unpaired) electrons. The van der Waals surface area contributed by atoms with E-state index >= 15 is 0 Å². The van der Waals surface area contributed by atoms with Crippen molar-refractivity contribution in [2.75, 3.05) is 19.7 Å². The van der Waals surface area contributed by atoms with Crippen molar-refractivity contribution < 1.29 is 4.74 Å². The Hall–Kier alpha value is -0.120. The Kier molecular flexibility index (Phi) is 2.82. The summed E-state index contributed by atoms with van der Waals surface area (Å²) in [5, 5.41) is 0. The number of ether oxygens (including phenoxy) is 1. The van der Waals surface area contributed by atoms with Crippen molar-refractivity contribution in [1.29, 1.82) is 0 Å². The van der Waals surface area contributed by atoms with Crippen LogP contribution in [0.3, 0.4) is 0 Å². The summed E-state index contributed by atoms with van der Waals surface area (Å²) in [6.07, 6.45) is 3.99. The van der Waals surface area contributed by atoms with Crippen molar-refractivity contribution in [1.82, 2.24) is 4.90 Å².